The van der Waals surface area contributed by atoms with Crippen LogP contribution in [0.4, 0.5) is 0 Å². The van der Waals surface area contributed by atoms with Crippen molar-refractivity contribution < 1.29 is 19.0 Å². The van der Waals surface area contributed by atoms with Crippen LogP contribution in [0.5, 0.6) is 0 Å². The second-order valence-corrected chi connectivity index (χ2v) is 25.7. The van der Waals surface area contributed by atoms with Gasteiger partial charge in [0.2, 0.25) is 0 Å². The van der Waals surface area contributed by atoms with Gasteiger partial charge in [-0.15, -0.1) is 0 Å². The molecule has 4 nitrogen and oxygen atoms in total. The number of rotatable bonds is 17. The van der Waals surface area contributed by atoms with Crippen LogP contribution >= 0.6 is 0 Å². The molecule has 5 heteroatoms. The topological polar surface area (TPSA) is 44.8 Å². The molecule has 0 spiro atoms. The number of hydrogen-bond donors (Lipinski definition) is 0. The number of esters is 1. The molecule has 0 aromatic carbocycles. The molecule has 0 saturated heterocycles. The third-order valence-corrected chi connectivity index (χ3v) is 25.0. The molecule has 0 radical (unpaired) electrons. The standard InChI is InChI=1S/C18H31O4.3C4H9.Sn/c1-7-8-18(5)10-13(2)9-14(3)17(18)16(22-12-20-6)11-21-15(4)19;3*1-3-4-2;/h8,13-14,16-17H,9-12H2,1-6H3;3*1,3-4H2,2H3;/t13-,14+,16-,17+,18-;;;;/m1..../s1. The predicted octanol–water partition coefficient (Wildman–Crippen LogP) is 8.56. The van der Waals surface area contributed by atoms with E-state index in [1.54, 1.807) is 10.7 Å². The third-order valence-electron chi connectivity index (χ3n) is 8.60. The van der Waals surface area contributed by atoms with Crippen molar-refractivity contribution in [3.63, 3.8) is 0 Å². The molecule has 1 aliphatic rings. The first kappa shape index (κ1) is 33.0. The van der Waals surface area contributed by atoms with Crippen LogP contribution in [0.3, 0.4) is 0 Å². The monoisotopic (exact) mass is 602 g/mol. The Hall–Kier alpha value is -0.0713. The Morgan fingerprint density at radius 3 is 2.03 bits per heavy atom. The Kier molecular flexibility index (Phi) is 15.7. The van der Waals surface area contributed by atoms with E-state index in [0.717, 1.165) is 0 Å². The van der Waals surface area contributed by atoms with Crippen molar-refractivity contribution in [1.29, 1.82) is 0 Å². The molecule has 0 heterocycles. The molecule has 5 atom stereocenters. The summed E-state index contributed by atoms with van der Waals surface area (Å²) >= 11 is -2.50. The quantitative estimate of drug-likeness (QED) is 0.0952. The number of unbranched alkanes of at least 4 members (excludes halogenated alkanes) is 3. The zero-order valence-corrected chi connectivity index (χ0v) is 27.6. The van der Waals surface area contributed by atoms with Gasteiger partial charge >= 0.3 is 223 Å². The van der Waals surface area contributed by atoms with Crippen molar-refractivity contribution in [3.05, 3.63) is 9.67 Å². The van der Waals surface area contributed by atoms with Gasteiger partial charge in [-0.2, -0.15) is 0 Å². The first-order chi connectivity index (χ1) is 16.6. The van der Waals surface area contributed by atoms with Gasteiger partial charge in [-0.3, -0.25) is 0 Å². The summed E-state index contributed by atoms with van der Waals surface area (Å²) in [5.74, 6) is 1.24. The summed E-state index contributed by atoms with van der Waals surface area (Å²) in [4.78, 5) is 11.7. The van der Waals surface area contributed by atoms with Crippen LogP contribution in [0, 0.1) is 23.2 Å². The van der Waals surface area contributed by atoms with E-state index in [2.05, 4.69) is 54.5 Å². The summed E-state index contributed by atoms with van der Waals surface area (Å²) in [5.41, 5.74) is 0.0343. The second-order valence-electron chi connectivity index (χ2n) is 11.9. The van der Waals surface area contributed by atoms with Crippen LogP contribution in [0.2, 0.25) is 13.3 Å². The van der Waals surface area contributed by atoms with Gasteiger partial charge in [0, 0.05) is 0 Å². The normalized spacial score (nSPS) is 26.5. The molecule has 1 aliphatic carbocycles. The number of carbonyl (C=O) groups excluding carboxylic acids is 1. The van der Waals surface area contributed by atoms with Crippen LogP contribution in [0.1, 0.15) is 107 Å². The zero-order chi connectivity index (χ0) is 26.5. The van der Waals surface area contributed by atoms with Crippen molar-refractivity contribution in [2.45, 2.75) is 126 Å². The average molecular weight is 602 g/mol. The minimum atomic E-state index is -2.50. The van der Waals surface area contributed by atoms with Gasteiger partial charge in [-0.05, 0) is 0 Å². The first-order valence-electron chi connectivity index (χ1n) is 14.5. The van der Waals surface area contributed by atoms with Gasteiger partial charge in [0.1, 0.15) is 0 Å². The number of methoxy groups -OCH3 is 1. The molecule has 0 aliphatic heterocycles. The van der Waals surface area contributed by atoms with Crippen LogP contribution in [0.25, 0.3) is 0 Å². The van der Waals surface area contributed by atoms with E-state index in [-0.39, 0.29) is 24.3 Å². The van der Waals surface area contributed by atoms with Gasteiger partial charge in [-0.25, -0.2) is 0 Å². The van der Waals surface area contributed by atoms with Crippen molar-refractivity contribution in [2.75, 3.05) is 20.5 Å². The second kappa shape index (κ2) is 16.7. The van der Waals surface area contributed by atoms with E-state index in [1.807, 2.05) is 0 Å². The Labute approximate surface area is 222 Å². The zero-order valence-electron chi connectivity index (χ0n) is 24.7. The molecule has 0 unspecified atom stereocenters. The molecule has 1 saturated carbocycles. The number of ether oxygens (including phenoxy) is 3. The summed E-state index contributed by atoms with van der Waals surface area (Å²) in [5, 5.41) is 0. The molecule has 0 aromatic rings. The predicted molar refractivity (Wildman–Crippen MR) is 151 cm³/mol. The summed E-state index contributed by atoms with van der Waals surface area (Å²) < 4.78 is 23.3. The van der Waals surface area contributed by atoms with Crippen molar-refractivity contribution >= 4 is 24.3 Å². The van der Waals surface area contributed by atoms with Crippen LogP contribution < -0.4 is 0 Å². The molecule has 1 fully saturated rings. The maximum atomic E-state index is 11.7. The van der Waals surface area contributed by atoms with E-state index in [4.69, 9.17) is 14.2 Å². The van der Waals surface area contributed by atoms with Crippen molar-refractivity contribution in [1.82, 2.24) is 0 Å². The van der Waals surface area contributed by atoms with Crippen molar-refractivity contribution in [2.24, 2.45) is 23.2 Å². The molecule has 0 amide bonds. The van der Waals surface area contributed by atoms with E-state index in [9.17, 15) is 4.79 Å². The van der Waals surface area contributed by atoms with Crippen LogP contribution in [-0.2, 0) is 19.0 Å². The molecule has 206 valence electrons. The van der Waals surface area contributed by atoms with Gasteiger partial charge in [0.25, 0.3) is 0 Å². The van der Waals surface area contributed by atoms with Gasteiger partial charge < -0.3 is 0 Å². The van der Waals surface area contributed by atoms with Crippen molar-refractivity contribution in [3.8, 4) is 0 Å². The molecule has 0 bridgehead atoms. The fraction of sp³-hybridized carbons (Fsp3) is 0.900. The Balaban J connectivity index is 3.50. The molecular weight excluding hydrogens is 543 g/mol. The maximum absolute atomic E-state index is 11.7. The van der Waals surface area contributed by atoms with Gasteiger partial charge in [0.15, 0.2) is 0 Å². The third kappa shape index (κ3) is 10.3. The SMILES string of the molecule is CCC[CH2][Sn]([CH2]CCC)([CH2]CCC)/[C](C)=C/[C@]1(C)C[C@H](C)C[C@H](C)[C@H]1[C@@H](COC(C)=O)OCOC. The summed E-state index contributed by atoms with van der Waals surface area (Å²) in [6.45, 7) is 18.9. The Bertz CT molecular complexity index is 612. The summed E-state index contributed by atoms with van der Waals surface area (Å²) in [6.07, 6.45) is 13.0. The summed E-state index contributed by atoms with van der Waals surface area (Å²) in [6, 6.07) is 0. The Morgan fingerprint density at radius 2 is 1.57 bits per heavy atom. The van der Waals surface area contributed by atoms with Crippen LogP contribution in [0.15, 0.2) is 9.67 Å². The van der Waals surface area contributed by atoms with Crippen LogP contribution in [-0.4, -0.2) is 51.0 Å². The summed E-state index contributed by atoms with van der Waals surface area (Å²) in [7, 11) is 1.66. The Morgan fingerprint density at radius 1 is 1.03 bits per heavy atom. The number of allylic oxidation sites excluding steroid dienone is 2. The fourth-order valence-corrected chi connectivity index (χ4v) is 23.3. The molecular formula is C30H58O4Sn. The minimum absolute atomic E-state index is 0.0343. The van der Waals surface area contributed by atoms with E-state index in [1.165, 1.54) is 71.6 Å². The van der Waals surface area contributed by atoms with Gasteiger partial charge in [-0.1, -0.05) is 0 Å². The molecule has 0 N–H and O–H groups in total. The fourth-order valence-electron chi connectivity index (χ4n) is 7.12. The number of carbonyl (C=O) groups is 1. The molecule has 35 heavy (non-hydrogen) atoms. The number of hydrogen-bond acceptors (Lipinski definition) is 4. The van der Waals surface area contributed by atoms with E-state index < -0.39 is 18.4 Å². The van der Waals surface area contributed by atoms with E-state index >= 15 is 0 Å². The van der Waals surface area contributed by atoms with E-state index in [0.29, 0.717) is 24.4 Å². The molecule has 0 aromatic heterocycles. The van der Waals surface area contributed by atoms with Gasteiger partial charge in [0.05, 0.1) is 0 Å². The first-order valence-corrected chi connectivity index (χ1v) is 22.0. The average Bonchev–Trinajstić information content (AvgIpc) is 2.79. The molecule has 1 rings (SSSR count).